The lowest BCUT2D eigenvalue weighted by Gasteiger charge is -2.23. The van der Waals surface area contributed by atoms with Crippen LogP contribution in [0.1, 0.15) is 32.3 Å². The first-order valence-electron chi connectivity index (χ1n) is 7.97. The molecule has 23 heavy (non-hydrogen) atoms. The average Bonchev–Trinajstić information content (AvgIpc) is 2.51. The Morgan fingerprint density at radius 3 is 2.26 bits per heavy atom. The molecule has 0 heterocycles. The molecule has 5 heteroatoms. The zero-order chi connectivity index (χ0) is 17.4. The molecular weight excluding hydrogens is 292 g/mol. The van der Waals surface area contributed by atoms with Crippen LogP contribution in [0.15, 0.2) is 24.3 Å². The molecule has 0 unspecified atom stereocenters. The van der Waals surface area contributed by atoms with Gasteiger partial charge in [0.15, 0.2) is 0 Å². The molecule has 128 valence electrons. The Balaban J connectivity index is 2.55. The quantitative estimate of drug-likeness (QED) is 0.799. The van der Waals surface area contributed by atoms with Crippen LogP contribution >= 0.6 is 0 Å². The van der Waals surface area contributed by atoms with Gasteiger partial charge in [0.25, 0.3) is 0 Å². The molecule has 0 fully saturated rings. The van der Waals surface area contributed by atoms with Gasteiger partial charge in [-0.05, 0) is 36.5 Å². The fourth-order valence-electron chi connectivity index (χ4n) is 2.32. The van der Waals surface area contributed by atoms with Crippen molar-refractivity contribution in [3.63, 3.8) is 0 Å². The molecule has 0 saturated heterocycles. The molecule has 1 aromatic carbocycles. The highest BCUT2D eigenvalue weighted by molar-refractivity contribution is 5.87. The Kier molecular flexibility index (Phi) is 7.59. The number of hydrogen-bond acceptors (Lipinski definition) is 3. The van der Waals surface area contributed by atoms with Crippen LogP contribution in [-0.4, -0.2) is 44.0 Å². The number of ether oxygens (including phenoxy) is 1. The summed E-state index contributed by atoms with van der Waals surface area (Å²) in [5, 5.41) is 2.87. The largest absolute Gasteiger partial charge is 0.497 e. The Morgan fingerprint density at radius 1 is 1.17 bits per heavy atom. The second kappa shape index (κ2) is 9.18. The zero-order valence-electron chi connectivity index (χ0n) is 14.8. The molecule has 0 spiro atoms. The minimum absolute atomic E-state index is 0.0588. The summed E-state index contributed by atoms with van der Waals surface area (Å²) in [6.07, 6.45) is 1.65. The number of likely N-dealkylation sites (N-methyl/N-ethyl adjacent to an activating group) is 1. The highest BCUT2D eigenvalue weighted by Crippen LogP contribution is 2.13. The SMILES string of the molecule is COc1ccc(CCC(=O)N[C@@H](CC(C)C)C(=O)N(C)C)cc1. The Bertz CT molecular complexity index is 510. The van der Waals surface area contributed by atoms with Crippen molar-refractivity contribution < 1.29 is 14.3 Å². The standard InChI is InChI=1S/C18H28N2O3/c1-13(2)12-16(18(22)20(3)4)19-17(21)11-8-14-6-9-15(23-5)10-7-14/h6-7,9-10,13,16H,8,11-12H2,1-5H3,(H,19,21)/t16-/m0/s1. The summed E-state index contributed by atoms with van der Waals surface area (Å²) in [6.45, 7) is 4.08. The van der Waals surface area contributed by atoms with E-state index in [0.29, 0.717) is 25.2 Å². The van der Waals surface area contributed by atoms with Crippen LogP contribution < -0.4 is 10.1 Å². The molecule has 1 N–H and O–H groups in total. The summed E-state index contributed by atoms with van der Waals surface area (Å²) in [7, 11) is 5.04. The fraction of sp³-hybridized carbons (Fsp3) is 0.556. The first-order valence-corrected chi connectivity index (χ1v) is 7.97. The highest BCUT2D eigenvalue weighted by Gasteiger charge is 2.23. The van der Waals surface area contributed by atoms with Crippen molar-refractivity contribution in [1.29, 1.82) is 0 Å². The molecule has 0 aliphatic carbocycles. The summed E-state index contributed by atoms with van der Waals surface area (Å²) in [5.41, 5.74) is 1.07. The highest BCUT2D eigenvalue weighted by atomic mass is 16.5. The first-order chi connectivity index (χ1) is 10.8. The number of rotatable bonds is 8. The van der Waals surface area contributed by atoms with E-state index in [1.165, 1.54) is 4.90 Å². The van der Waals surface area contributed by atoms with E-state index >= 15 is 0 Å². The van der Waals surface area contributed by atoms with Crippen LogP contribution in [0.4, 0.5) is 0 Å². The third-order valence-electron chi connectivity index (χ3n) is 3.58. The van der Waals surface area contributed by atoms with Gasteiger partial charge in [0.2, 0.25) is 11.8 Å². The molecular formula is C18H28N2O3. The van der Waals surface area contributed by atoms with Crippen molar-refractivity contribution in [1.82, 2.24) is 10.2 Å². The van der Waals surface area contributed by atoms with E-state index in [-0.39, 0.29) is 11.8 Å². The lowest BCUT2D eigenvalue weighted by molar-refractivity contribution is -0.134. The number of methoxy groups -OCH3 is 1. The first kappa shape index (κ1) is 19.0. The second-order valence-corrected chi connectivity index (χ2v) is 6.33. The maximum atomic E-state index is 12.2. The van der Waals surface area contributed by atoms with Gasteiger partial charge >= 0.3 is 0 Å². The lowest BCUT2D eigenvalue weighted by atomic mass is 10.0. The van der Waals surface area contributed by atoms with Gasteiger partial charge in [-0.3, -0.25) is 9.59 Å². The maximum Gasteiger partial charge on any atom is 0.244 e. The number of carbonyl (C=O) groups excluding carboxylic acids is 2. The van der Waals surface area contributed by atoms with Gasteiger partial charge in [-0.25, -0.2) is 0 Å². The van der Waals surface area contributed by atoms with Gasteiger partial charge < -0.3 is 15.0 Å². The van der Waals surface area contributed by atoms with Crippen LogP contribution in [0.2, 0.25) is 0 Å². The predicted molar refractivity (Wildman–Crippen MR) is 91.4 cm³/mol. The smallest absolute Gasteiger partial charge is 0.244 e. The predicted octanol–water partition coefficient (Wildman–Crippen LogP) is 2.25. The van der Waals surface area contributed by atoms with Crippen molar-refractivity contribution in [2.75, 3.05) is 21.2 Å². The third kappa shape index (κ3) is 6.72. The minimum atomic E-state index is -0.451. The van der Waals surface area contributed by atoms with E-state index in [9.17, 15) is 9.59 Å². The summed E-state index contributed by atoms with van der Waals surface area (Å²) < 4.78 is 5.11. The number of nitrogens with one attached hydrogen (secondary N) is 1. The fourth-order valence-corrected chi connectivity index (χ4v) is 2.32. The molecule has 2 amide bonds. The second-order valence-electron chi connectivity index (χ2n) is 6.33. The van der Waals surface area contributed by atoms with Crippen LogP contribution in [0.3, 0.4) is 0 Å². The van der Waals surface area contributed by atoms with Crippen LogP contribution in [0, 0.1) is 5.92 Å². The van der Waals surface area contributed by atoms with Gasteiger partial charge in [0.05, 0.1) is 7.11 Å². The van der Waals surface area contributed by atoms with E-state index in [4.69, 9.17) is 4.74 Å². The van der Waals surface area contributed by atoms with Crippen LogP contribution in [0.5, 0.6) is 5.75 Å². The van der Waals surface area contributed by atoms with Gasteiger partial charge in [-0.15, -0.1) is 0 Å². The van der Waals surface area contributed by atoms with E-state index in [2.05, 4.69) is 5.32 Å². The van der Waals surface area contributed by atoms with E-state index < -0.39 is 6.04 Å². The van der Waals surface area contributed by atoms with Gasteiger partial charge in [-0.1, -0.05) is 26.0 Å². The summed E-state index contributed by atoms with van der Waals surface area (Å²) >= 11 is 0. The number of aryl methyl sites for hydroxylation is 1. The van der Waals surface area contributed by atoms with E-state index in [1.807, 2.05) is 38.1 Å². The third-order valence-corrected chi connectivity index (χ3v) is 3.58. The Morgan fingerprint density at radius 2 is 1.78 bits per heavy atom. The number of amides is 2. The van der Waals surface area contributed by atoms with Crippen molar-refractivity contribution >= 4 is 11.8 Å². The number of nitrogens with zero attached hydrogens (tertiary/aromatic N) is 1. The number of carbonyl (C=O) groups is 2. The van der Waals surface area contributed by atoms with Crippen molar-refractivity contribution in [3.05, 3.63) is 29.8 Å². The Labute approximate surface area is 139 Å². The summed E-state index contributed by atoms with van der Waals surface area (Å²) in [6, 6.07) is 7.20. The molecule has 1 aromatic rings. The van der Waals surface area contributed by atoms with Crippen molar-refractivity contribution in [3.8, 4) is 5.75 Å². The average molecular weight is 320 g/mol. The van der Waals surface area contributed by atoms with Gasteiger partial charge in [-0.2, -0.15) is 0 Å². The van der Waals surface area contributed by atoms with Crippen molar-refractivity contribution in [2.24, 2.45) is 5.92 Å². The molecule has 0 aliphatic rings. The molecule has 1 atom stereocenters. The summed E-state index contributed by atoms with van der Waals surface area (Å²) in [4.78, 5) is 25.8. The molecule has 0 bridgehead atoms. The molecule has 5 nitrogen and oxygen atoms in total. The Hall–Kier alpha value is -2.04. The molecule has 0 aliphatic heterocycles. The molecule has 0 saturated carbocycles. The minimum Gasteiger partial charge on any atom is -0.497 e. The van der Waals surface area contributed by atoms with Crippen LogP contribution in [-0.2, 0) is 16.0 Å². The zero-order valence-corrected chi connectivity index (χ0v) is 14.8. The van der Waals surface area contributed by atoms with E-state index in [0.717, 1.165) is 11.3 Å². The van der Waals surface area contributed by atoms with Gasteiger partial charge in [0.1, 0.15) is 11.8 Å². The van der Waals surface area contributed by atoms with Crippen LogP contribution in [0.25, 0.3) is 0 Å². The van der Waals surface area contributed by atoms with E-state index in [1.54, 1.807) is 21.2 Å². The van der Waals surface area contributed by atoms with Gasteiger partial charge in [0, 0.05) is 20.5 Å². The van der Waals surface area contributed by atoms with Crippen molar-refractivity contribution in [2.45, 2.75) is 39.2 Å². The molecule has 1 rings (SSSR count). The summed E-state index contributed by atoms with van der Waals surface area (Å²) in [5.74, 6) is 0.982. The normalized spacial score (nSPS) is 11.9. The number of benzene rings is 1. The molecule has 0 aromatic heterocycles. The monoisotopic (exact) mass is 320 g/mol. The topological polar surface area (TPSA) is 58.6 Å². The molecule has 0 radical (unpaired) electrons. The maximum absolute atomic E-state index is 12.2. The lowest BCUT2D eigenvalue weighted by Crippen LogP contribution is -2.47. The number of hydrogen-bond donors (Lipinski definition) is 1.